The van der Waals surface area contributed by atoms with E-state index in [0.29, 0.717) is 22.7 Å². The van der Waals surface area contributed by atoms with Crippen molar-refractivity contribution in [2.24, 2.45) is 0 Å². The van der Waals surface area contributed by atoms with Gasteiger partial charge >= 0.3 is 0 Å². The number of benzene rings is 1. The second-order valence-electron chi connectivity index (χ2n) is 10.1. The van der Waals surface area contributed by atoms with E-state index in [1.807, 2.05) is 24.9 Å². The number of aromatic hydroxyl groups is 1. The van der Waals surface area contributed by atoms with Gasteiger partial charge < -0.3 is 25.5 Å². The molecule has 0 spiro atoms. The van der Waals surface area contributed by atoms with Crippen molar-refractivity contribution in [1.29, 1.82) is 10.8 Å². The first-order valence-corrected chi connectivity index (χ1v) is 10.9. The maximum absolute atomic E-state index is 10.5. The zero-order valence-corrected chi connectivity index (χ0v) is 20.1. The molecule has 4 N–H and O–H groups in total. The van der Waals surface area contributed by atoms with Crippen LogP contribution in [0.5, 0.6) is 11.5 Å². The highest BCUT2D eigenvalue weighted by Crippen LogP contribution is 2.32. The minimum absolute atomic E-state index is 0.0142. The van der Waals surface area contributed by atoms with Gasteiger partial charge in [0.2, 0.25) is 0 Å². The lowest BCUT2D eigenvalue weighted by Crippen LogP contribution is -2.62. The Morgan fingerprint density at radius 3 is 2.38 bits per heavy atom. The van der Waals surface area contributed by atoms with E-state index < -0.39 is 0 Å². The predicted molar refractivity (Wildman–Crippen MR) is 130 cm³/mol. The van der Waals surface area contributed by atoms with Gasteiger partial charge in [0.1, 0.15) is 17.3 Å². The molecule has 3 rings (SSSR count). The molecule has 2 heterocycles. The van der Waals surface area contributed by atoms with Gasteiger partial charge in [0.05, 0.1) is 18.3 Å². The number of amidine groups is 1. The van der Waals surface area contributed by atoms with Crippen LogP contribution in [0, 0.1) is 17.7 Å². The number of piperidine rings is 1. The monoisotopic (exact) mass is 437 g/mol. The number of phenols is 1. The van der Waals surface area contributed by atoms with Crippen LogP contribution in [0.3, 0.4) is 0 Å². The number of likely N-dealkylation sites (N-methyl/N-ethyl adjacent to an activating group) is 1. The molecule has 0 bridgehead atoms. The number of rotatable bonds is 5. The zero-order valence-electron chi connectivity index (χ0n) is 20.1. The van der Waals surface area contributed by atoms with Crippen LogP contribution in [0.2, 0.25) is 0 Å². The van der Waals surface area contributed by atoms with Gasteiger partial charge in [0.25, 0.3) is 0 Å². The number of nitrogens with zero attached hydrogens (tertiary/aromatic N) is 2. The summed E-state index contributed by atoms with van der Waals surface area (Å²) in [5, 5.41) is 31.9. The molecule has 0 unspecified atom stereocenters. The number of phenolic OH excluding ortho intramolecular Hbond substituents is 1. The van der Waals surface area contributed by atoms with Gasteiger partial charge in [-0.15, -0.1) is 0 Å². The van der Waals surface area contributed by atoms with Gasteiger partial charge in [0.15, 0.2) is 0 Å². The molecule has 7 nitrogen and oxygen atoms in total. The van der Waals surface area contributed by atoms with Crippen LogP contribution in [-0.2, 0) is 0 Å². The van der Waals surface area contributed by atoms with E-state index in [9.17, 15) is 5.11 Å². The number of aryl methyl sites for hydroxylation is 1. The number of methoxy groups -OCH3 is 1. The summed E-state index contributed by atoms with van der Waals surface area (Å²) < 4.78 is 5.46. The minimum atomic E-state index is -0.0194. The molecule has 172 valence electrons. The second-order valence-corrected chi connectivity index (χ2v) is 10.1. The Kier molecular flexibility index (Phi) is 6.33. The van der Waals surface area contributed by atoms with E-state index in [1.165, 1.54) is 0 Å². The van der Waals surface area contributed by atoms with Gasteiger partial charge in [-0.05, 0) is 65.7 Å². The van der Waals surface area contributed by atoms with Crippen LogP contribution in [-0.4, -0.2) is 57.8 Å². The molecule has 1 saturated heterocycles. The fourth-order valence-electron chi connectivity index (χ4n) is 4.85. The highest BCUT2D eigenvalue weighted by Gasteiger charge is 2.39. The Morgan fingerprint density at radius 2 is 1.78 bits per heavy atom. The van der Waals surface area contributed by atoms with E-state index in [0.717, 1.165) is 23.9 Å². The van der Waals surface area contributed by atoms with Crippen molar-refractivity contribution in [1.82, 2.24) is 15.2 Å². The standard InChI is InChI=1S/C25H35N5O2/c1-15-10-22(32-7)18-11-17(21(31)12-20(18)28-15)19(26)8-9-23(27)30(6)16-13-24(2,3)29-25(4,5)14-16/h8-12,16,26-27,29,31H,13-14H2,1-7H3/b9-8-,26-19?,27-23?. The summed E-state index contributed by atoms with van der Waals surface area (Å²) in [6.07, 6.45) is 5.04. The fourth-order valence-corrected chi connectivity index (χ4v) is 4.85. The number of aromatic nitrogens is 1. The van der Waals surface area contributed by atoms with Crippen LogP contribution in [0.4, 0.5) is 0 Å². The summed E-state index contributed by atoms with van der Waals surface area (Å²) in [5.41, 5.74) is 1.87. The number of hydrogen-bond donors (Lipinski definition) is 4. The Hall–Kier alpha value is -2.93. The van der Waals surface area contributed by atoms with Crippen molar-refractivity contribution in [3.05, 3.63) is 41.6 Å². The quantitative estimate of drug-likeness (QED) is 0.410. The van der Waals surface area contributed by atoms with E-state index in [2.05, 4.69) is 38.0 Å². The molecule has 1 aliphatic heterocycles. The summed E-state index contributed by atoms with van der Waals surface area (Å²) in [6.45, 7) is 10.6. The molecule has 1 aliphatic rings. The highest BCUT2D eigenvalue weighted by molar-refractivity contribution is 6.13. The summed E-state index contributed by atoms with van der Waals surface area (Å²) in [5.74, 6) is 0.964. The van der Waals surface area contributed by atoms with Crippen LogP contribution >= 0.6 is 0 Å². The highest BCUT2D eigenvalue weighted by atomic mass is 16.5. The smallest absolute Gasteiger partial charge is 0.130 e. The van der Waals surface area contributed by atoms with Crippen LogP contribution < -0.4 is 10.1 Å². The van der Waals surface area contributed by atoms with Gasteiger partial charge in [0, 0.05) is 52.9 Å². The number of ether oxygens (including phenoxy) is 1. The van der Waals surface area contributed by atoms with Crippen molar-refractivity contribution in [3.8, 4) is 11.5 Å². The third kappa shape index (κ3) is 5.10. The molecule has 0 aliphatic carbocycles. The average Bonchev–Trinajstić information content (AvgIpc) is 2.67. The van der Waals surface area contributed by atoms with E-state index in [-0.39, 0.29) is 28.6 Å². The van der Waals surface area contributed by atoms with Crippen LogP contribution in [0.1, 0.15) is 51.8 Å². The Morgan fingerprint density at radius 1 is 1.16 bits per heavy atom. The number of allylic oxidation sites excluding steroid dienone is 1. The van der Waals surface area contributed by atoms with E-state index >= 15 is 0 Å². The van der Waals surface area contributed by atoms with Crippen molar-refractivity contribution < 1.29 is 9.84 Å². The molecule has 0 amide bonds. The molecule has 32 heavy (non-hydrogen) atoms. The third-order valence-electron chi connectivity index (χ3n) is 6.03. The third-order valence-corrected chi connectivity index (χ3v) is 6.03. The van der Waals surface area contributed by atoms with Gasteiger partial charge in [-0.3, -0.25) is 10.4 Å². The maximum atomic E-state index is 10.5. The van der Waals surface area contributed by atoms with E-state index in [1.54, 1.807) is 31.4 Å². The number of fused-ring (bicyclic) bond motifs is 1. The molecular formula is C25H35N5O2. The molecule has 0 saturated carbocycles. The lowest BCUT2D eigenvalue weighted by molar-refractivity contribution is 0.114. The lowest BCUT2D eigenvalue weighted by Gasteiger charge is -2.49. The molecule has 0 radical (unpaired) electrons. The van der Waals surface area contributed by atoms with Crippen LogP contribution in [0.15, 0.2) is 30.4 Å². The minimum Gasteiger partial charge on any atom is -0.507 e. The molecule has 1 aromatic carbocycles. The summed E-state index contributed by atoms with van der Waals surface area (Å²) in [6, 6.07) is 5.32. The maximum Gasteiger partial charge on any atom is 0.130 e. The Labute approximate surface area is 190 Å². The topological polar surface area (TPSA) is 105 Å². The van der Waals surface area contributed by atoms with Crippen molar-refractivity contribution in [2.75, 3.05) is 14.2 Å². The fraction of sp³-hybridized carbons (Fsp3) is 0.480. The summed E-state index contributed by atoms with van der Waals surface area (Å²) in [7, 11) is 3.53. The molecule has 1 fully saturated rings. The van der Waals surface area contributed by atoms with Gasteiger partial charge in [-0.1, -0.05) is 0 Å². The van der Waals surface area contributed by atoms with Crippen LogP contribution in [0.25, 0.3) is 10.9 Å². The first-order valence-electron chi connectivity index (χ1n) is 10.9. The zero-order chi connectivity index (χ0) is 23.8. The average molecular weight is 438 g/mol. The van der Waals surface area contributed by atoms with Crippen molar-refractivity contribution in [3.63, 3.8) is 0 Å². The van der Waals surface area contributed by atoms with Crippen molar-refractivity contribution >= 4 is 22.5 Å². The second kappa shape index (κ2) is 8.54. The predicted octanol–water partition coefficient (Wildman–Crippen LogP) is 4.40. The van der Waals surface area contributed by atoms with Gasteiger partial charge in [-0.25, -0.2) is 0 Å². The van der Waals surface area contributed by atoms with Gasteiger partial charge in [-0.2, -0.15) is 0 Å². The Bertz CT molecular complexity index is 1070. The normalized spacial score (nSPS) is 18.1. The molecule has 0 atom stereocenters. The first-order chi connectivity index (χ1) is 14.8. The first kappa shape index (κ1) is 23.7. The SMILES string of the molecule is COc1cc(C)nc2cc(O)c(C(=N)/C=C\C(=N)N(C)C3CC(C)(C)NC(C)(C)C3)cc12. The Balaban J connectivity index is 1.81. The van der Waals surface area contributed by atoms with Crippen molar-refractivity contribution in [2.45, 2.75) is 64.6 Å². The molecule has 7 heteroatoms. The van der Waals surface area contributed by atoms with E-state index in [4.69, 9.17) is 15.6 Å². The molecule has 2 aromatic rings. The summed E-state index contributed by atoms with van der Waals surface area (Å²) in [4.78, 5) is 6.42. The summed E-state index contributed by atoms with van der Waals surface area (Å²) >= 11 is 0. The number of pyridine rings is 1. The molecular weight excluding hydrogens is 402 g/mol. The number of hydrogen-bond acceptors (Lipinski definition) is 6. The number of nitrogens with one attached hydrogen (secondary N) is 3. The largest absolute Gasteiger partial charge is 0.507 e. The lowest BCUT2D eigenvalue weighted by atomic mass is 9.79. The molecule has 1 aromatic heterocycles.